The summed E-state index contributed by atoms with van der Waals surface area (Å²) in [5, 5.41) is 3.28. The lowest BCUT2D eigenvalue weighted by molar-refractivity contribution is 0.435. The smallest absolute Gasteiger partial charge is 0.208 e. The molecule has 0 bridgehead atoms. The van der Waals surface area contributed by atoms with E-state index < -0.39 is 0 Å². The van der Waals surface area contributed by atoms with Crippen molar-refractivity contribution in [3.05, 3.63) is 36.1 Å². The molecule has 1 N–H and O–H groups in total. The fourth-order valence-electron chi connectivity index (χ4n) is 1.67. The van der Waals surface area contributed by atoms with Crippen LogP contribution in [0.25, 0.3) is 0 Å². The molecule has 0 unspecified atom stereocenters. The Bertz CT molecular complexity index is 461. The summed E-state index contributed by atoms with van der Waals surface area (Å²) in [5.74, 6) is 2.70. The molecule has 17 heavy (non-hydrogen) atoms. The van der Waals surface area contributed by atoms with Crippen molar-refractivity contribution < 1.29 is 4.42 Å². The molecular formula is C12H18N4O. The minimum absolute atomic E-state index is 0.635. The molecule has 92 valence electrons. The molecule has 0 aromatic carbocycles. The minimum atomic E-state index is 0.635. The van der Waals surface area contributed by atoms with Gasteiger partial charge in [-0.2, -0.15) is 0 Å². The van der Waals surface area contributed by atoms with Crippen LogP contribution in [0.3, 0.4) is 0 Å². The van der Waals surface area contributed by atoms with Crippen molar-refractivity contribution >= 4 is 0 Å². The number of aryl methyl sites for hydroxylation is 2. The van der Waals surface area contributed by atoms with Crippen molar-refractivity contribution in [2.75, 3.05) is 0 Å². The third-order valence-electron chi connectivity index (χ3n) is 2.65. The molecule has 0 saturated heterocycles. The Kier molecular flexibility index (Phi) is 3.93. The Balaban J connectivity index is 1.83. The van der Waals surface area contributed by atoms with Crippen LogP contribution in [0.4, 0.5) is 0 Å². The molecule has 0 aliphatic heterocycles. The van der Waals surface area contributed by atoms with Crippen LogP contribution < -0.4 is 5.32 Å². The van der Waals surface area contributed by atoms with E-state index in [2.05, 4.69) is 33.7 Å². The number of nitrogens with one attached hydrogen (secondary N) is 1. The van der Waals surface area contributed by atoms with Gasteiger partial charge in [0.05, 0.1) is 19.3 Å². The lowest BCUT2D eigenvalue weighted by Gasteiger charge is -2.04. The summed E-state index contributed by atoms with van der Waals surface area (Å²) in [6.45, 7) is 6.46. The van der Waals surface area contributed by atoms with E-state index in [9.17, 15) is 0 Å². The molecule has 5 nitrogen and oxygen atoms in total. The highest BCUT2D eigenvalue weighted by molar-refractivity contribution is 4.95. The van der Waals surface area contributed by atoms with Crippen molar-refractivity contribution in [2.24, 2.45) is 0 Å². The van der Waals surface area contributed by atoms with Crippen LogP contribution >= 0.6 is 0 Å². The highest BCUT2D eigenvalue weighted by Gasteiger charge is 2.03. The molecule has 0 atom stereocenters. The molecule has 0 fully saturated rings. The SMILES string of the molecule is CCc1cnc(CNCc2nccn2CC)o1. The standard InChI is InChI=1S/C12H18N4O/c1-3-10-7-15-12(17-10)9-13-8-11-14-5-6-16(11)4-2/h5-7,13H,3-4,8-9H2,1-2H3. The summed E-state index contributed by atoms with van der Waals surface area (Å²) >= 11 is 0. The van der Waals surface area contributed by atoms with Gasteiger partial charge in [0.15, 0.2) is 0 Å². The van der Waals surface area contributed by atoms with Crippen LogP contribution in [-0.4, -0.2) is 14.5 Å². The van der Waals surface area contributed by atoms with Gasteiger partial charge in [-0.05, 0) is 6.92 Å². The van der Waals surface area contributed by atoms with E-state index in [1.165, 1.54) is 0 Å². The Labute approximate surface area is 101 Å². The number of aromatic nitrogens is 3. The van der Waals surface area contributed by atoms with Gasteiger partial charge in [0, 0.05) is 25.4 Å². The van der Waals surface area contributed by atoms with Gasteiger partial charge in [0.1, 0.15) is 11.6 Å². The van der Waals surface area contributed by atoms with E-state index in [4.69, 9.17) is 4.42 Å². The monoisotopic (exact) mass is 234 g/mol. The lowest BCUT2D eigenvalue weighted by atomic mass is 10.4. The van der Waals surface area contributed by atoms with Crippen LogP contribution in [0, 0.1) is 0 Å². The van der Waals surface area contributed by atoms with Gasteiger partial charge >= 0.3 is 0 Å². The molecule has 2 aromatic heterocycles. The highest BCUT2D eigenvalue weighted by atomic mass is 16.4. The Hall–Kier alpha value is -1.62. The maximum absolute atomic E-state index is 5.51. The fourth-order valence-corrected chi connectivity index (χ4v) is 1.67. The first-order valence-electron chi connectivity index (χ1n) is 5.97. The number of hydrogen-bond donors (Lipinski definition) is 1. The first-order valence-corrected chi connectivity index (χ1v) is 5.97. The molecule has 2 heterocycles. The first-order chi connectivity index (χ1) is 8.33. The van der Waals surface area contributed by atoms with Gasteiger partial charge in [0.25, 0.3) is 0 Å². The van der Waals surface area contributed by atoms with Crippen LogP contribution in [0.2, 0.25) is 0 Å². The summed E-state index contributed by atoms with van der Waals surface area (Å²) in [6, 6.07) is 0. The van der Waals surface area contributed by atoms with Gasteiger partial charge in [-0.1, -0.05) is 6.92 Å². The zero-order valence-corrected chi connectivity index (χ0v) is 10.3. The van der Waals surface area contributed by atoms with E-state index in [-0.39, 0.29) is 0 Å². The van der Waals surface area contributed by atoms with E-state index in [0.717, 1.165) is 37.0 Å². The number of hydrogen-bond acceptors (Lipinski definition) is 4. The molecular weight excluding hydrogens is 216 g/mol. The molecule has 5 heteroatoms. The van der Waals surface area contributed by atoms with Gasteiger partial charge in [-0.15, -0.1) is 0 Å². The highest BCUT2D eigenvalue weighted by Crippen LogP contribution is 2.04. The normalized spacial score (nSPS) is 10.9. The molecule has 0 radical (unpaired) electrons. The first kappa shape index (κ1) is 11.9. The topological polar surface area (TPSA) is 55.9 Å². The van der Waals surface area contributed by atoms with E-state index in [0.29, 0.717) is 6.54 Å². The average Bonchev–Trinajstić information content (AvgIpc) is 2.97. The van der Waals surface area contributed by atoms with E-state index in [1.807, 2.05) is 12.4 Å². The van der Waals surface area contributed by atoms with E-state index in [1.54, 1.807) is 6.20 Å². The number of nitrogens with zero attached hydrogens (tertiary/aromatic N) is 3. The summed E-state index contributed by atoms with van der Waals surface area (Å²) in [7, 11) is 0. The van der Waals surface area contributed by atoms with E-state index >= 15 is 0 Å². The van der Waals surface area contributed by atoms with Crippen molar-refractivity contribution in [2.45, 2.75) is 39.9 Å². The largest absolute Gasteiger partial charge is 0.444 e. The molecule has 0 aliphatic carbocycles. The molecule has 0 saturated carbocycles. The quantitative estimate of drug-likeness (QED) is 0.827. The third kappa shape index (κ3) is 2.94. The van der Waals surface area contributed by atoms with Gasteiger partial charge < -0.3 is 14.3 Å². The maximum atomic E-state index is 5.51. The predicted molar refractivity (Wildman–Crippen MR) is 64.3 cm³/mol. The lowest BCUT2D eigenvalue weighted by Crippen LogP contribution is -2.16. The van der Waals surface area contributed by atoms with Crippen molar-refractivity contribution in [3.8, 4) is 0 Å². The molecule has 0 amide bonds. The summed E-state index contributed by atoms with van der Waals surface area (Å²) in [4.78, 5) is 8.48. The number of rotatable bonds is 6. The minimum Gasteiger partial charge on any atom is -0.444 e. The van der Waals surface area contributed by atoms with Gasteiger partial charge in [-0.25, -0.2) is 9.97 Å². The van der Waals surface area contributed by atoms with Crippen LogP contribution in [0.15, 0.2) is 23.0 Å². The molecule has 2 aromatic rings. The summed E-state index contributed by atoms with van der Waals surface area (Å²) < 4.78 is 7.62. The summed E-state index contributed by atoms with van der Waals surface area (Å²) in [6.07, 6.45) is 6.47. The van der Waals surface area contributed by atoms with Crippen LogP contribution in [0.5, 0.6) is 0 Å². The Morgan fingerprint density at radius 3 is 2.88 bits per heavy atom. The zero-order chi connectivity index (χ0) is 12.1. The fraction of sp³-hybridized carbons (Fsp3) is 0.500. The number of imidazole rings is 1. The van der Waals surface area contributed by atoms with Crippen molar-refractivity contribution in [1.29, 1.82) is 0 Å². The maximum Gasteiger partial charge on any atom is 0.208 e. The summed E-state index contributed by atoms with van der Waals surface area (Å²) in [5.41, 5.74) is 0. The second kappa shape index (κ2) is 5.63. The second-order valence-corrected chi connectivity index (χ2v) is 3.81. The zero-order valence-electron chi connectivity index (χ0n) is 10.3. The second-order valence-electron chi connectivity index (χ2n) is 3.81. The Morgan fingerprint density at radius 2 is 2.18 bits per heavy atom. The molecule has 0 aliphatic rings. The third-order valence-corrected chi connectivity index (χ3v) is 2.65. The Morgan fingerprint density at radius 1 is 1.29 bits per heavy atom. The van der Waals surface area contributed by atoms with Gasteiger partial charge in [0.2, 0.25) is 5.89 Å². The van der Waals surface area contributed by atoms with Crippen molar-refractivity contribution in [1.82, 2.24) is 19.9 Å². The molecule has 0 spiro atoms. The van der Waals surface area contributed by atoms with Gasteiger partial charge in [-0.3, -0.25) is 0 Å². The number of oxazole rings is 1. The van der Waals surface area contributed by atoms with Crippen molar-refractivity contribution in [3.63, 3.8) is 0 Å². The van der Waals surface area contributed by atoms with Crippen LogP contribution in [0.1, 0.15) is 31.3 Å². The predicted octanol–water partition coefficient (Wildman–Crippen LogP) is 1.74. The molecule has 2 rings (SSSR count). The van der Waals surface area contributed by atoms with Crippen LogP contribution in [-0.2, 0) is 26.1 Å². The average molecular weight is 234 g/mol.